The van der Waals surface area contributed by atoms with Gasteiger partial charge in [0.1, 0.15) is 6.33 Å². The van der Waals surface area contributed by atoms with Crippen molar-refractivity contribution in [3.05, 3.63) is 77.9 Å². The fourth-order valence-electron chi connectivity index (χ4n) is 4.93. The van der Waals surface area contributed by atoms with Crippen molar-refractivity contribution >= 4 is 5.69 Å². The Bertz CT molecular complexity index is 1090. The van der Waals surface area contributed by atoms with Gasteiger partial charge in [0.05, 0.1) is 24.3 Å². The summed E-state index contributed by atoms with van der Waals surface area (Å²) in [6, 6.07) is 16.6. The molecule has 30 heavy (non-hydrogen) atoms. The fraction of sp³-hybridized carbons (Fsp3) is 0.292. The minimum absolute atomic E-state index is 0.0484. The Balaban J connectivity index is 1.54. The van der Waals surface area contributed by atoms with Crippen LogP contribution in [0.15, 0.2) is 61.2 Å². The van der Waals surface area contributed by atoms with Gasteiger partial charge < -0.3 is 10.4 Å². The molecule has 0 spiro atoms. The Labute approximate surface area is 175 Å². The molecular formula is C24H23N5O. The molecule has 2 aromatic carbocycles. The zero-order valence-corrected chi connectivity index (χ0v) is 16.6. The van der Waals surface area contributed by atoms with Crippen LogP contribution in [0, 0.1) is 17.2 Å². The highest BCUT2D eigenvalue weighted by Gasteiger charge is 2.43. The molecule has 2 aliphatic heterocycles. The molecule has 0 bridgehead atoms. The first-order valence-electron chi connectivity index (χ1n) is 10.3. The van der Waals surface area contributed by atoms with Crippen LogP contribution in [0.2, 0.25) is 0 Å². The number of nitrogens with zero attached hydrogens (tertiary/aromatic N) is 4. The van der Waals surface area contributed by atoms with Crippen LogP contribution < -0.4 is 5.32 Å². The first-order chi connectivity index (χ1) is 14.8. The van der Waals surface area contributed by atoms with E-state index in [4.69, 9.17) is 0 Å². The van der Waals surface area contributed by atoms with Crippen LogP contribution in [0.4, 0.5) is 5.69 Å². The van der Waals surface area contributed by atoms with E-state index >= 15 is 0 Å². The van der Waals surface area contributed by atoms with Crippen LogP contribution in [-0.4, -0.2) is 39.2 Å². The average molecular weight is 397 g/mol. The van der Waals surface area contributed by atoms with Gasteiger partial charge in [-0.1, -0.05) is 18.2 Å². The molecule has 0 aliphatic carbocycles. The highest BCUT2D eigenvalue weighted by molar-refractivity contribution is 5.71. The summed E-state index contributed by atoms with van der Waals surface area (Å²) in [5, 5.41) is 22.8. The summed E-state index contributed by atoms with van der Waals surface area (Å²) in [4.78, 5) is 10.8. The van der Waals surface area contributed by atoms with Gasteiger partial charge in [0.2, 0.25) is 0 Å². The predicted octanol–water partition coefficient (Wildman–Crippen LogP) is 3.36. The maximum atomic E-state index is 10.00. The number of hydrogen-bond acceptors (Lipinski definition) is 6. The Kier molecular flexibility index (Phi) is 4.91. The van der Waals surface area contributed by atoms with E-state index in [9.17, 15) is 10.4 Å². The standard InChI is InChI=1S/C24H23N5O/c25-10-16-2-1-3-18(8-16)19-4-5-22-21(9-19)24-20(23(14-30)28-22)6-7-29(24)13-17-11-26-15-27-12-17/h1-5,8-9,11-12,15,20,23-24,28,30H,6-7,13-14H2/t20-,23-,24-/m0/s1. The largest absolute Gasteiger partial charge is 0.394 e. The number of hydrogen-bond donors (Lipinski definition) is 2. The summed E-state index contributed by atoms with van der Waals surface area (Å²) in [6.07, 6.45) is 6.33. The van der Waals surface area contributed by atoms with Crippen molar-refractivity contribution in [2.75, 3.05) is 18.5 Å². The lowest BCUT2D eigenvalue weighted by molar-refractivity contribution is 0.172. The topological polar surface area (TPSA) is 85.1 Å². The average Bonchev–Trinajstić information content (AvgIpc) is 3.23. The zero-order chi connectivity index (χ0) is 20.5. The van der Waals surface area contributed by atoms with E-state index in [2.05, 4.69) is 44.5 Å². The molecule has 1 aromatic heterocycles. The van der Waals surface area contributed by atoms with E-state index in [-0.39, 0.29) is 18.7 Å². The van der Waals surface area contributed by atoms with Crippen LogP contribution in [-0.2, 0) is 6.54 Å². The van der Waals surface area contributed by atoms with E-state index in [0.29, 0.717) is 11.5 Å². The van der Waals surface area contributed by atoms with E-state index in [1.807, 2.05) is 36.7 Å². The highest BCUT2D eigenvalue weighted by atomic mass is 16.3. The minimum atomic E-state index is 0.0484. The molecule has 0 amide bonds. The van der Waals surface area contributed by atoms with Gasteiger partial charge in [0.25, 0.3) is 0 Å². The lowest BCUT2D eigenvalue weighted by Crippen LogP contribution is -2.41. The van der Waals surface area contributed by atoms with Gasteiger partial charge in [-0.2, -0.15) is 5.26 Å². The van der Waals surface area contributed by atoms with Crippen molar-refractivity contribution in [1.29, 1.82) is 5.26 Å². The van der Waals surface area contributed by atoms with Crippen molar-refractivity contribution in [3.8, 4) is 17.2 Å². The van der Waals surface area contributed by atoms with Crippen LogP contribution in [0.1, 0.15) is 29.2 Å². The summed E-state index contributed by atoms with van der Waals surface area (Å²) >= 11 is 0. The van der Waals surface area contributed by atoms with Crippen molar-refractivity contribution in [1.82, 2.24) is 14.9 Å². The maximum absolute atomic E-state index is 10.00. The van der Waals surface area contributed by atoms with Gasteiger partial charge in [-0.15, -0.1) is 0 Å². The van der Waals surface area contributed by atoms with E-state index in [1.165, 1.54) is 5.56 Å². The molecule has 3 aromatic rings. The maximum Gasteiger partial charge on any atom is 0.115 e. The van der Waals surface area contributed by atoms with Gasteiger partial charge in [0.15, 0.2) is 0 Å². The molecule has 6 heteroatoms. The van der Waals surface area contributed by atoms with Crippen LogP contribution in [0.5, 0.6) is 0 Å². The molecule has 1 saturated heterocycles. The summed E-state index contributed by atoms with van der Waals surface area (Å²) in [5.74, 6) is 0.341. The molecule has 6 nitrogen and oxygen atoms in total. The van der Waals surface area contributed by atoms with E-state index < -0.39 is 0 Å². The smallest absolute Gasteiger partial charge is 0.115 e. The Morgan fingerprint density at radius 3 is 2.77 bits per heavy atom. The number of aliphatic hydroxyl groups excluding tert-OH is 1. The van der Waals surface area contributed by atoms with Gasteiger partial charge in [-0.3, -0.25) is 4.90 Å². The van der Waals surface area contributed by atoms with Crippen LogP contribution in [0.3, 0.4) is 0 Å². The number of aliphatic hydroxyl groups is 1. The van der Waals surface area contributed by atoms with E-state index in [1.54, 1.807) is 6.33 Å². The molecule has 0 unspecified atom stereocenters. The molecule has 1 fully saturated rings. The second-order valence-electron chi connectivity index (χ2n) is 8.04. The molecular weight excluding hydrogens is 374 g/mol. The zero-order valence-electron chi connectivity index (χ0n) is 16.6. The number of benzene rings is 2. The van der Waals surface area contributed by atoms with Crippen LogP contribution in [0.25, 0.3) is 11.1 Å². The molecule has 0 saturated carbocycles. The van der Waals surface area contributed by atoms with Gasteiger partial charge >= 0.3 is 0 Å². The molecule has 3 atom stereocenters. The fourth-order valence-corrected chi connectivity index (χ4v) is 4.93. The third kappa shape index (κ3) is 3.32. The lowest BCUT2D eigenvalue weighted by atomic mass is 9.82. The van der Waals surface area contributed by atoms with Gasteiger partial charge in [-0.05, 0) is 53.9 Å². The second kappa shape index (κ2) is 7.86. The SMILES string of the molecule is N#Cc1cccc(-c2ccc3c(c2)[C@@H]2[C@@H](CCN2Cc2cncnc2)[C@H](CO)N3)c1. The number of likely N-dealkylation sites (tertiary alicyclic amines) is 1. The molecule has 2 N–H and O–H groups in total. The Morgan fingerprint density at radius 1 is 1.13 bits per heavy atom. The van der Waals surface area contributed by atoms with Crippen molar-refractivity contribution in [2.45, 2.75) is 25.0 Å². The lowest BCUT2D eigenvalue weighted by Gasteiger charge is -2.39. The quantitative estimate of drug-likeness (QED) is 0.702. The third-order valence-electron chi connectivity index (χ3n) is 6.30. The Morgan fingerprint density at radius 2 is 1.97 bits per heavy atom. The summed E-state index contributed by atoms with van der Waals surface area (Å²) < 4.78 is 0. The normalized spacial score (nSPS) is 22.6. The monoisotopic (exact) mass is 397 g/mol. The van der Waals surface area contributed by atoms with Crippen molar-refractivity contribution in [2.24, 2.45) is 5.92 Å². The predicted molar refractivity (Wildman–Crippen MR) is 114 cm³/mol. The molecule has 150 valence electrons. The number of aromatic nitrogens is 2. The Hall–Kier alpha value is -3.27. The van der Waals surface area contributed by atoms with Crippen LogP contribution >= 0.6 is 0 Å². The second-order valence-corrected chi connectivity index (χ2v) is 8.04. The number of nitrogens with one attached hydrogen (secondary N) is 1. The molecule has 0 radical (unpaired) electrons. The minimum Gasteiger partial charge on any atom is -0.394 e. The third-order valence-corrected chi connectivity index (χ3v) is 6.30. The highest BCUT2D eigenvalue weighted by Crippen LogP contribution is 2.47. The summed E-state index contributed by atoms with van der Waals surface area (Å²) in [6.45, 7) is 1.87. The number of fused-ring (bicyclic) bond motifs is 3. The number of anilines is 1. The number of rotatable bonds is 4. The molecule has 5 rings (SSSR count). The van der Waals surface area contributed by atoms with Gasteiger partial charge in [-0.25, -0.2) is 9.97 Å². The van der Waals surface area contributed by atoms with Crippen molar-refractivity contribution in [3.63, 3.8) is 0 Å². The first kappa shape index (κ1) is 18.7. The van der Waals surface area contributed by atoms with Gasteiger partial charge in [0, 0.05) is 42.1 Å². The molecule has 2 aliphatic rings. The first-order valence-corrected chi connectivity index (χ1v) is 10.3. The van der Waals surface area contributed by atoms with Crippen molar-refractivity contribution < 1.29 is 5.11 Å². The van der Waals surface area contributed by atoms with E-state index in [0.717, 1.165) is 41.9 Å². The summed E-state index contributed by atoms with van der Waals surface area (Å²) in [5.41, 5.74) is 6.22. The summed E-state index contributed by atoms with van der Waals surface area (Å²) in [7, 11) is 0. The number of nitriles is 1. The molecule has 3 heterocycles.